The molecule has 148 valence electrons. The highest BCUT2D eigenvalue weighted by Crippen LogP contribution is 2.29. The molecule has 0 radical (unpaired) electrons. The summed E-state index contributed by atoms with van der Waals surface area (Å²) in [6.45, 7) is 0.671. The van der Waals surface area contributed by atoms with Gasteiger partial charge in [0.05, 0.1) is 22.8 Å². The fourth-order valence-electron chi connectivity index (χ4n) is 3.47. The Morgan fingerprint density at radius 1 is 1.10 bits per heavy atom. The zero-order chi connectivity index (χ0) is 20.9. The van der Waals surface area contributed by atoms with Gasteiger partial charge in [0, 0.05) is 12.1 Å². The SMILES string of the molecule is N#Cc1ccc2c(c1)nnn2CCCc1ccc(-c2ccccc2)c(NC(=O)O)c1. The molecule has 0 unspecified atom stereocenters. The Kier molecular flexibility index (Phi) is 5.39. The summed E-state index contributed by atoms with van der Waals surface area (Å²) in [5, 5.41) is 29.0. The maximum atomic E-state index is 11.3. The van der Waals surface area contributed by atoms with E-state index < -0.39 is 6.09 Å². The quantitative estimate of drug-likeness (QED) is 0.491. The van der Waals surface area contributed by atoms with Crippen LogP contribution in [0.15, 0.2) is 66.7 Å². The monoisotopic (exact) mass is 397 g/mol. The molecule has 1 heterocycles. The minimum absolute atomic E-state index is 0.562. The number of rotatable bonds is 6. The third-order valence-corrected chi connectivity index (χ3v) is 4.89. The number of carboxylic acid groups (broad SMARTS) is 1. The molecule has 0 aliphatic rings. The predicted molar refractivity (Wildman–Crippen MR) is 114 cm³/mol. The van der Waals surface area contributed by atoms with E-state index in [1.807, 2.05) is 59.3 Å². The van der Waals surface area contributed by atoms with Gasteiger partial charge >= 0.3 is 6.09 Å². The Bertz CT molecular complexity index is 1240. The van der Waals surface area contributed by atoms with Gasteiger partial charge in [0.1, 0.15) is 5.52 Å². The molecule has 4 aromatic rings. The van der Waals surface area contributed by atoms with Crippen LogP contribution in [0.25, 0.3) is 22.2 Å². The van der Waals surface area contributed by atoms with E-state index in [4.69, 9.17) is 5.26 Å². The third-order valence-electron chi connectivity index (χ3n) is 4.89. The Labute approximate surface area is 173 Å². The topological polar surface area (TPSA) is 104 Å². The number of hydrogen-bond donors (Lipinski definition) is 2. The first-order valence-corrected chi connectivity index (χ1v) is 9.56. The number of fused-ring (bicyclic) bond motifs is 1. The van der Waals surface area contributed by atoms with Crippen LogP contribution in [-0.2, 0) is 13.0 Å². The normalized spacial score (nSPS) is 10.6. The second-order valence-corrected chi connectivity index (χ2v) is 6.91. The maximum absolute atomic E-state index is 11.3. The molecule has 1 amide bonds. The lowest BCUT2D eigenvalue weighted by molar-refractivity contribution is 0.210. The summed E-state index contributed by atoms with van der Waals surface area (Å²) in [7, 11) is 0. The van der Waals surface area contributed by atoms with Crippen molar-refractivity contribution in [3.63, 3.8) is 0 Å². The molecule has 0 atom stereocenters. The molecular weight excluding hydrogens is 378 g/mol. The van der Waals surface area contributed by atoms with Gasteiger partial charge < -0.3 is 5.11 Å². The second-order valence-electron chi connectivity index (χ2n) is 6.91. The molecule has 30 heavy (non-hydrogen) atoms. The van der Waals surface area contributed by atoms with Crippen LogP contribution < -0.4 is 5.32 Å². The second kappa shape index (κ2) is 8.45. The van der Waals surface area contributed by atoms with Crippen molar-refractivity contribution in [1.29, 1.82) is 5.26 Å². The van der Waals surface area contributed by atoms with Gasteiger partial charge in [-0.2, -0.15) is 5.26 Å². The molecule has 7 heteroatoms. The number of amides is 1. The molecule has 3 aromatic carbocycles. The van der Waals surface area contributed by atoms with Crippen LogP contribution in [-0.4, -0.2) is 26.2 Å². The van der Waals surface area contributed by atoms with Gasteiger partial charge in [-0.1, -0.05) is 47.7 Å². The number of aromatic nitrogens is 3. The number of nitriles is 1. The number of nitrogens with zero attached hydrogens (tertiary/aromatic N) is 4. The Morgan fingerprint density at radius 2 is 1.93 bits per heavy atom. The Morgan fingerprint density at radius 3 is 2.70 bits per heavy atom. The largest absolute Gasteiger partial charge is 0.465 e. The molecule has 0 aliphatic heterocycles. The van der Waals surface area contributed by atoms with Gasteiger partial charge in [-0.15, -0.1) is 5.10 Å². The number of nitrogens with one attached hydrogen (secondary N) is 1. The van der Waals surface area contributed by atoms with Crippen LogP contribution in [0.3, 0.4) is 0 Å². The van der Waals surface area contributed by atoms with E-state index in [0.29, 0.717) is 23.3 Å². The average molecular weight is 397 g/mol. The minimum atomic E-state index is -1.09. The summed E-state index contributed by atoms with van der Waals surface area (Å²) in [4.78, 5) is 11.3. The highest BCUT2D eigenvalue weighted by atomic mass is 16.4. The molecule has 4 rings (SSSR count). The van der Waals surface area contributed by atoms with Crippen LogP contribution in [0, 0.1) is 11.3 Å². The molecule has 0 saturated carbocycles. The van der Waals surface area contributed by atoms with E-state index in [1.54, 1.807) is 12.1 Å². The van der Waals surface area contributed by atoms with E-state index in [2.05, 4.69) is 21.7 Å². The number of hydrogen-bond acceptors (Lipinski definition) is 4. The average Bonchev–Trinajstić information content (AvgIpc) is 3.16. The summed E-state index contributed by atoms with van der Waals surface area (Å²) in [5.74, 6) is 0. The van der Waals surface area contributed by atoms with Crippen molar-refractivity contribution in [3.8, 4) is 17.2 Å². The van der Waals surface area contributed by atoms with E-state index in [0.717, 1.165) is 35.0 Å². The standard InChI is InChI=1S/C23H19N5O2/c24-15-17-9-11-22-21(14-17)26-27-28(22)12-4-5-16-8-10-19(18-6-2-1-3-7-18)20(13-16)25-23(29)30/h1-3,6-11,13-14,25H,4-5,12H2,(H,29,30). The van der Waals surface area contributed by atoms with Crippen LogP contribution in [0.4, 0.5) is 10.5 Å². The summed E-state index contributed by atoms with van der Waals surface area (Å²) >= 11 is 0. The van der Waals surface area contributed by atoms with Crippen molar-refractivity contribution < 1.29 is 9.90 Å². The number of aryl methyl sites for hydroxylation is 2. The van der Waals surface area contributed by atoms with Gasteiger partial charge in [0.2, 0.25) is 0 Å². The van der Waals surface area contributed by atoms with Crippen molar-refractivity contribution in [2.45, 2.75) is 19.4 Å². The smallest absolute Gasteiger partial charge is 0.409 e. The van der Waals surface area contributed by atoms with Crippen LogP contribution in [0.5, 0.6) is 0 Å². The maximum Gasteiger partial charge on any atom is 0.409 e. The molecular formula is C23H19N5O2. The van der Waals surface area contributed by atoms with Gasteiger partial charge in [-0.05, 0) is 48.2 Å². The molecule has 0 spiro atoms. The van der Waals surface area contributed by atoms with E-state index in [1.165, 1.54) is 0 Å². The van der Waals surface area contributed by atoms with Crippen molar-refractivity contribution in [1.82, 2.24) is 15.0 Å². The molecule has 7 nitrogen and oxygen atoms in total. The number of benzene rings is 3. The van der Waals surface area contributed by atoms with Crippen molar-refractivity contribution in [2.24, 2.45) is 0 Å². The fourth-order valence-corrected chi connectivity index (χ4v) is 3.47. The van der Waals surface area contributed by atoms with Crippen molar-refractivity contribution in [2.75, 3.05) is 5.32 Å². The molecule has 0 aliphatic carbocycles. The molecule has 0 fully saturated rings. The number of carbonyl (C=O) groups is 1. The lowest BCUT2D eigenvalue weighted by Crippen LogP contribution is -2.09. The van der Waals surface area contributed by atoms with Gasteiger partial charge in [-0.3, -0.25) is 5.32 Å². The molecule has 1 aromatic heterocycles. The molecule has 2 N–H and O–H groups in total. The van der Waals surface area contributed by atoms with E-state index >= 15 is 0 Å². The van der Waals surface area contributed by atoms with Crippen LogP contribution in [0.2, 0.25) is 0 Å². The lowest BCUT2D eigenvalue weighted by Gasteiger charge is -2.12. The zero-order valence-electron chi connectivity index (χ0n) is 16.1. The predicted octanol–water partition coefficient (Wildman–Crippen LogP) is 4.69. The molecule has 0 saturated heterocycles. The van der Waals surface area contributed by atoms with E-state index in [-0.39, 0.29) is 0 Å². The highest BCUT2D eigenvalue weighted by molar-refractivity contribution is 5.90. The van der Waals surface area contributed by atoms with Gasteiger partial charge in [0.15, 0.2) is 0 Å². The Hall–Kier alpha value is -4.18. The fraction of sp³-hybridized carbons (Fsp3) is 0.130. The van der Waals surface area contributed by atoms with Crippen LogP contribution >= 0.6 is 0 Å². The Balaban J connectivity index is 1.50. The van der Waals surface area contributed by atoms with E-state index in [9.17, 15) is 9.90 Å². The summed E-state index contributed by atoms with van der Waals surface area (Å²) < 4.78 is 1.82. The highest BCUT2D eigenvalue weighted by Gasteiger charge is 2.10. The van der Waals surface area contributed by atoms with Gasteiger partial charge in [0.25, 0.3) is 0 Å². The van der Waals surface area contributed by atoms with Gasteiger partial charge in [-0.25, -0.2) is 9.48 Å². The summed E-state index contributed by atoms with van der Waals surface area (Å²) in [6.07, 6.45) is 0.492. The summed E-state index contributed by atoms with van der Waals surface area (Å²) in [5.41, 5.74) is 5.56. The minimum Gasteiger partial charge on any atom is -0.465 e. The third kappa shape index (κ3) is 4.13. The first-order valence-electron chi connectivity index (χ1n) is 9.56. The first-order chi connectivity index (χ1) is 14.6. The van der Waals surface area contributed by atoms with Crippen LogP contribution in [0.1, 0.15) is 17.5 Å². The summed E-state index contributed by atoms with van der Waals surface area (Å²) in [6, 6.07) is 23.0. The lowest BCUT2D eigenvalue weighted by atomic mass is 9.99. The molecule has 0 bridgehead atoms. The van der Waals surface area contributed by atoms with Crippen molar-refractivity contribution >= 4 is 22.8 Å². The number of anilines is 1. The van der Waals surface area contributed by atoms with Crippen molar-refractivity contribution in [3.05, 3.63) is 77.9 Å². The zero-order valence-corrected chi connectivity index (χ0v) is 16.1. The first kappa shape index (κ1) is 19.2.